The van der Waals surface area contributed by atoms with Gasteiger partial charge in [0.25, 0.3) is 5.91 Å². The van der Waals surface area contributed by atoms with Gasteiger partial charge in [0.05, 0.1) is 0 Å². The fourth-order valence-corrected chi connectivity index (χ4v) is 1.81. The second kappa shape index (κ2) is 8.12. The summed E-state index contributed by atoms with van der Waals surface area (Å²) in [6, 6.07) is 7.17. The number of pyridine rings is 1. The van der Waals surface area contributed by atoms with Crippen molar-refractivity contribution in [1.82, 2.24) is 10.3 Å². The van der Waals surface area contributed by atoms with E-state index in [4.69, 9.17) is 5.11 Å². The minimum atomic E-state index is -0.310. The van der Waals surface area contributed by atoms with E-state index in [1.165, 1.54) is 6.20 Å². The van der Waals surface area contributed by atoms with Crippen molar-refractivity contribution in [3.05, 3.63) is 46.2 Å². The summed E-state index contributed by atoms with van der Waals surface area (Å²) in [5.74, 6) is -0.310. The molecule has 3 N–H and O–H groups in total. The predicted molar refractivity (Wildman–Crippen MR) is 80.0 cm³/mol. The zero-order valence-electron chi connectivity index (χ0n) is 11.8. The molecule has 0 spiro atoms. The van der Waals surface area contributed by atoms with Crippen LogP contribution in [0.3, 0.4) is 0 Å². The van der Waals surface area contributed by atoms with Crippen LogP contribution in [0.5, 0.6) is 0 Å². The van der Waals surface area contributed by atoms with Gasteiger partial charge < -0.3 is 15.4 Å². The lowest BCUT2D eigenvalue weighted by atomic mass is 10.1. The molecule has 0 aliphatic heterocycles. The number of aliphatic hydroxyl groups is 1. The Balaban J connectivity index is 0.000000956. The van der Waals surface area contributed by atoms with Gasteiger partial charge >= 0.3 is 0 Å². The molecular formula is C15H20N2O3. The molecule has 0 fully saturated rings. The first-order valence-corrected chi connectivity index (χ1v) is 6.57. The molecule has 20 heavy (non-hydrogen) atoms. The number of aliphatic hydroxyl groups excluding tert-OH is 1. The molecule has 2 rings (SSSR count). The van der Waals surface area contributed by atoms with E-state index in [1.807, 2.05) is 12.1 Å². The topological polar surface area (TPSA) is 82.2 Å². The number of benzene rings is 1. The Morgan fingerprint density at radius 1 is 1.30 bits per heavy atom. The number of aromatic amines is 1. The summed E-state index contributed by atoms with van der Waals surface area (Å²) in [5, 5.41) is 10.3. The SMILES string of the molecule is CCCCNC(=O)c1c[nH]c2ccccc2c1=O.CO. The van der Waals surface area contributed by atoms with Crippen molar-refractivity contribution in [3.8, 4) is 0 Å². The number of carbonyl (C=O) groups excluding carboxylic acids is 1. The van der Waals surface area contributed by atoms with Crippen molar-refractivity contribution < 1.29 is 9.90 Å². The number of para-hydroxylation sites is 1. The van der Waals surface area contributed by atoms with Crippen molar-refractivity contribution in [2.45, 2.75) is 19.8 Å². The van der Waals surface area contributed by atoms with Gasteiger partial charge in [-0.3, -0.25) is 9.59 Å². The molecule has 5 nitrogen and oxygen atoms in total. The number of nitrogens with one attached hydrogen (secondary N) is 2. The molecule has 1 aromatic heterocycles. The van der Waals surface area contributed by atoms with Gasteiger partial charge in [-0.25, -0.2) is 0 Å². The van der Waals surface area contributed by atoms with Crippen LogP contribution in [0.1, 0.15) is 30.1 Å². The normalized spacial score (nSPS) is 9.75. The van der Waals surface area contributed by atoms with Crippen LogP contribution in [0, 0.1) is 0 Å². The van der Waals surface area contributed by atoms with Gasteiger partial charge in [-0.1, -0.05) is 25.5 Å². The minimum absolute atomic E-state index is 0.171. The Labute approximate surface area is 117 Å². The van der Waals surface area contributed by atoms with Crippen LogP contribution in [0.2, 0.25) is 0 Å². The second-order valence-corrected chi connectivity index (χ2v) is 4.19. The predicted octanol–water partition coefficient (Wildman–Crippen LogP) is 1.67. The van der Waals surface area contributed by atoms with E-state index in [9.17, 15) is 9.59 Å². The molecule has 1 aromatic carbocycles. The highest BCUT2D eigenvalue weighted by atomic mass is 16.2. The lowest BCUT2D eigenvalue weighted by molar-refractivity contribution is 0.0952. The largest absolute Gasteiger partial charge is 0.400 e. The number of hydrogen-bond donors (Lipinski definition) is 3. The summed E-state index contributed by atoms with van der Waals surface area (Å²) >= 11 is 0. The molecule has 2 aromatic rings. The van der Waals surface area contributed by atoms with Gasteiger partial charge in [-0.15, -0.1) is 0 Å². The smallest absolute Gasteiger partial charge is 0.256 e. The number of H-pyrrole nitrogens is 1. The number of hydrogen-bond acceptors (Lipinski definition) is 3. The average Bonchev–Trinajstić information content (AvgIpc) is 2.50. The van der Waals surface area contributed by atoms with Gasteiger partial charge in [0.15, 0.2) is 0 Å². The molecule has 1 amide bonds. The molecule has 5 heteroatoms. The maximum atomic E-state index is 12.1. The Kier molecular flexibility index (Phi) is 6.46. The number of unbranched alkanes of at least 4 members (excludes halogenated alkanes) is 1. The fourth-order valence-electron chi connectivity index (χ4n) is 1.81. The van der Waals surface area contributed by atoms with Crippen molar-refractivity contribution >= 4 is 16.8 Å². The first kappa shape index (κ1) is 15.9. The Bertz CT molecular complexity index is 620. The lowest BCUT2D eigenvalue weighted by Crippen LogP contribution is -2.29. The van der Waals surface area contributed by atoms with E-state index in [-0.39, 0.29) is 16.9 Å². The third-order valence-corrected chi connectivity index (χ3v) is 2.85. The van der Waals surface area contributed by atoms with E-state index in [1.54, 1.807) is 12.1 Å². The lowest BCUT2D eigenvalue weighted by Gasteiger charge is -2.04. The van der Waals surface area contributed by atoms with Crippen LogP contribution in [-0.2, 0) is 0 Å². The Morgan fingerprint density at radius 2 is 2.00 bits per heavy atom. The quantitative estimate of drug-likeness (QED) is 0.743. The summed E-state index contributed by atoms with van der Waals surface area (Å²) in [6.45, 7) is 2.65. The average molecular weight is 276 g/mol. The molecule has 0 bridgehead atoms. The number of rotatable bonds is 4. The maximum Gasteiger partial charge on any atom is 0.256 e. The molecule has 0 saturated heterocycles. The molecule has 108 valence electrons. The highest BCUT2D eigenvalue weighted by Gasteiger charge is 2.11. The third-order valence-electron chi connectivity index (χ3n) is 2.85. The molecule has 0 unspecified atom stereocenters. The van der Waals surface area contributed by atoms with E-state index in [0.29, 0.717) is 11.9 Å². The van der Waals surface area contributed by atoms with Crippen LogP contribution in [-0.4, -0.2) is 29.7 Å². The summed E-state index contributed by atoms with van der Waals surface area (Å²) in [4.78, 5) is 26.9. The number of aromatic nitrogens is 1. The summed E-state index contributed by atoms with van der Waals surface area (Å²) in [7, 11) is 1.00. The Morgan fingerprint density at radius 3 is 2.70 bits per heavy atom. The fraction of sp³-hybridized carbons (Fsp3) is 0.333. The standard InChI is InChI=1S/C14H16N2O2.CH4O/c1-2-3-8-15-14(18)11-9-16-12-7-5-4-6-10(12)13(11)17;1-2/h4-7,9H,2-3,8H2,1H3,(H,15,18)(H,16,17);2H,1H3. The van der Waals surface area contributed by atoms with E-state index < -0.39 is 0 Å². The number of fused-ring (bicyclic) bond motifs is 1. The van der Waals surface area contributed by atoms with Crippen molar-refractivity contribution in [3.63, 3.8) is 0 Å². The highest BCUT2D eigenvalue weighted by molar-refractivity contribution is 5.97. The highest BCUT2D eigenvalue weighted by Crippen LogP contribution is 2.06. The monoisotopic (exact) mass is 276 g/mol. The van der Waals surface area contributed by atoms with Gasteiger partial charge in [-0.2, -0.15) is 0 Å². The van der Waals surface area contributed by atoms with E-state index in [2.05, 4.69) is 17.2 Å². The van der Waals surface area contributed by atoms with Crippen LogP contribution >= 0.6 is 0 Å². The third kappa shape index (κ3) is 3.68. The molecule has 0 atom stereocenters. The van der Waals surface area contributed by atoms with Gasteiger partial charge in [0.1, 0.15) is 5.56 Å². The van der Waals surface area contributed by atoms with Gasteiger partial charge in [0.2, 0.25) is 5.43 Å². The molecular weight excluding hydrogens is 256 g/mol. The molecule has 0 aliphatic carbocycles. The van der Waals surface area contributed by atoms with Crippen LogP contribution < -0.4 is 10.7 Å². The number of carbonyl (C=O) groups is 1. The summed E-state index contributed by atoms with van der Waals surface area (Å²) in [5.41, 5.74) is 0.691. The maximum absolute atomic E-state index is 12.1. The van der Waals surface area contributed by atoms with Crippen LogP contribution in [0.15, 0.2) is 35.3 Å². The van der Waals surface area contributed by atoms with E-state index >= 15 is 0 Å². The molecule has 1 heterocycles. The van der Waals surface area contributed by atoms with Crippen LogP contribution in [0.25, 0.3) is 10.9 Å². The summed E-state index contributed by atoms with van der Waals surface area (Å²) < 4.78 is 0. The van der Waals surface area contributed by atoms with E-state index in [0.717, 1.165) is 25.5 Å². The molecule has 0 aliphatic rings. The van der Waals surface area contributed by atoms with Gasteiger partial charge in [0, 0.05) is 30.8 Å². The first-order chi connectivity index (χ1) is 9.74. The zero-order valence-corrected chi connectivity index (χ0v) is 11.8. The number of amides is 1. The van der Waals surface area contributed by atoms with Gasteiger partial charge in [-0.05, 0) is 18.6 Å². The minimum Gasteiger partial charge on any atom is -0.400 e. The summed E-state index contributed by atoms with van der Waals surface area (Å²) in [6.07, 6.45) is 3.40. The first-order valence-electron chi connectivity index (χ1n) is 6.57. The Hall–Kier alpha value is -2.14. The van der Waals surface area contributed by atoms with Crippen LogP contribution in [0.4, 0.5) is 0 Å². The molecule has 0 radical (unpaired) electrons. The molecule has 0 saturated carbocycles. The van der Waals surface area contributed by atoms with Crippen molar-refractivity contribution in [2.75, 3.05) is 13.7 Å². The van der Waals surface area contributed by atoms with Crippen molar-refractivity contribution in [2.24, 2.45) is 0 Å². The zero-order chi connectivity index (χ0) is 15.0. The second-order valence-electron chi connectivity index (χ2n) is 4.19. The van der Waals surface area contributed by atoms with Crippen molar-refractivity contribution in [1.29, 1.82) is 0 Å².